The van der Waals surface area contributed by atoms with Crippen molar-refractivity contribution in [2.24, 2.45) is 0 Å². The largest absolute Gasteiger partial charge is 0.452 e. The number of carbonyl (C=O) groups is 2. The molecule has 1 saturated heterocycles. The highest BCUT2D eigenvalue weighted by Gasteiger charge is 2.27. The predicted molar refractivity (Wildman–Crippen MR) is 94.4 cm³/mol. The van der Waals surface area contributed by atoms with Crippen LogP contribution in [0.15, 0.2) is 36.0 Å². The van der Waals surface area contributed by atoms with E-state index in [-0.39, 0.29) is 18.3 Å². The van der Waals surface area contributed by atoms with E-state index in [1.165, 1.54) is 11.3 Å². The Morgan fingerprint density at radius 2 is 1.92 bits per heavy atom. The molecule has 0 N–H and O–H groups in total. The normalized spacial score (nSPS) is 15.7. The summed E-state index contributed by atoms with van der Waals surface area (Å²) in [5, 5.41) is 1.91. The Labute approximate surface area is 150 Å². The molecule has 8 heteroatoms. The zero-order valence-corrected chi connectivity index (χ0v) is 14.8. The van der Waals surface area contributed by atoms with Crippen LogP contribution in [0.4, 0.5) is 5.95 Å². The van der Waals surface area contributed by atoms with Gasteiger partial charge in [-0.3, -0.25) is 9.59 Å². The first-order valence-corrected chi connectivity index (χ1v) is 9.04. The third-order valence-corrected chi connectivity index (χ3v) is 4.86. The fraction of sp³-hybridized carbons (Fsp3) is 0.412. The molecule has 1 aliphatic rings. The summed E-state index contributed by atoms with van der Waals surface area (Å²) in [6, 6.07) is 5.54. The van der Waals surface area contributed by atoms with Gasteiger partial charge in [-0.15, -0.1) is 11.3 Å². The van der Waals surface area contributed by atoms with E-state index in [0.29, 0.717) is 32.1 Å². The number of hydrogen-bond acceptors (Lipinski definition) is 7. The van der Waals surface area contributed by atoms with E-state index in [9.17, 15) is 9.59 Å². The van der Waals surface area contributed by atoms with Crippen LogP contribution in [-0.4, -0.2) is 59.0 Å². The molecule has 3 heterocycles. The number of amides is 1. The maximum atomic E-state index is 12.5. The molecule has 132 valence electrons. The molecule has 1 amide bonds. The first-order chi connectivity index (χ1) is 12.1. The molecule has 1 atom stereocenters. The SMILES string of the molecule is C[C@@H](OC(=O)Cc1cccs1)C(=O)N1CCN(c2ncccn2)CC1. The number of ether oxygens (including phenoxy) is 1. The quantitative estimate of drug-likeness (QED) is 0.750. The first kappa shape index (κ1) is 17.3. The standard InChI is InChI=1S/C17H20N4O3S/c1-13(24-15(22)12-14-4-2-11-25-14)16(23)20-7-9-21(10-8-20)17-18-5-3-6-19-17/h2-6,11,13H,7-10,12H2,1H3/t13-/m1/s1. The molecule has 0 aromatic carbocycles. The maximum absolute atomic E-state index is 12.5. The van der Waals surface area contributed by atoms with Crippen molar-refractivity contribution in [1.82, 2.24) is 14.9 Å². The van der Waals surface area contributed by atoms with Crippen LogP contribution in [0.3, 0.4) is 0 Å². The van der Waals surface area contributed by atoms with Crippen LogP contribution in [0.2, 0.25) is 0 Å². The Balaban J connectivity index is 1.47. The molecule has 2 aromatic rings. The maximum Gasteiger partial charge on any atom is 0.311 e. The van der Waals surface area contributed by atoms with E-state index in [2.05, 4.69) is 9.97 Å². The van der Waals surface area contributed by atoms with Crippen LogP contribution in [-0.2, 0) is 20.7 Å². The van der Waals surface area contributed by atoms with E-state index in [0.717, 1.165) is 4.88 Å². The Hall–Kier alpha value is -2.48. The minimum absolute atomic E-state index is 0.159. The molecule has 0 radical (unpaired) electrons. The van der Waals surface area contributed by atoms with Crippen molar-refractivity contribution in [3.8, 4) is 0 Å². The predicted octanol–water partition coefficient (Wildman–Crippen LogP) is 1.36. The van der Waals surface area contributed by atoms with Crippen molar-refractivity contribution in [2.75, 3.05) is 31.1 Å². The average Bonchev–Trinajstić information content (AvgIpc) is 3.14. The van der Waals surface area contributed by atoms with Gasteiger partial charge in [-0.2, -0.15) is 0 Å². The van der Waals surface area contributed by atoms with E-state index in [1.807, 2.05) is 22.4 Å². The van der Waals surface area contributed by atoms with Crippen LogP contribution in [0.5, 0.6) is 0 Å². The third-order valence-electron chi connectivity index (χ3n) is 3.98. The van der Waals surface area contributed by atoms with Crippen molar-refractivity contribution in [1.29, 1.82) is 0 Å². The summed E-state index contributed by atoms with van der Waals surface area (Å²) in [4.78, 5) is 37.6. The van der Waals surface area contributed by atoms with Crippen molar-refractivity contribution >= 4 is 29.2 Å². The molecule has 1 aliphatic heterocycles. The summed E-state index contributed by atoms with van der Waals surface area (Å²) in [5.74, 6) is 0.137. The average molecular weight is 360 g/mol. The molecule has 2 aromatic heterocycles. The summed E-state index contributed by atoms with van der Waals surface area (Å²) in [5.41, 5.74) is 0. The summed E-state index contributed by atoms with van der Waals surface area (Å²) < 4.78 is 5.29. The Bertz CT molecular complexity index is 700. The van der Waals surface area contributed by atoms with Gasteiger partial charge < -0.3 is 14.5 Å². The topological polar surface area (TPSA) is 75.6 Å². The molecule has 7 nitrogen and oxygen atoms in total. The zero-order chi connectivity index (χ0) is 17.6. The monoisotopic (exact) mass is 360 g/mol. The number of carbonyl (C=O) groups excluding carboxylic acids is 2. The van der Waals surface area contributed by atoms with E-state index in [4.69, 9.17) is 4.74 Å². The fourth-order valence-corrected chi connectivity index (χ4v) is 3.37. The van der Waals surface area contributed by atoms with E-state index >= 15 is 0 Å². The van der Waals surface area contributed by atoms with Crippen LogP contribution in [0.1, 0.15) is 11.8 Å². The molecule has 25 heavy (non-hydrogen) atoms. The van der Waals surface area contributed by atoms with Gasteiger partial charge in [-0.1, -0.05) is 6.07 Å². The molecular formula is C17H20N4O3S. The Morgan fingerprint density at radius 3 is 2.56 bits per heavy atom. The Morgan fingerprint density at radius 1 is 1.20 bits per heavy atom. The van der Waals surface area contributed by atoms with Gasteiger partial charge in [0, 0.05) is 43.4 Å². The number of esters is 1. The lowest BCUT2D eigenvalue weighted by atomic mass is 10.2. The van der Waals surface area contributed by atoms with Gasteiger partial charge in [0.15, 0.2) is 6.10 Å². The van der Waals surface area contributed by atoms with Crippen LogP contribution in [0, 0.1) is 0 Å². The highest BCUT2D eigenvalue weighted by Crippen LogP contribution is 2.13. The smallest absolute Gasteiger partial charge is 0.311 e. The van der Waals surface area contributed by atoms with Gasteiger partial charge in [0.05, 0.1) is 6.42 Å². The van der Waals surface area contributed by atoms with Gasteiger partial charge in [0.2, 0.25) is 5.95 Å². The Kier molecular flexibility index (Phi) is 5.60. The number of aromatic nitrogens is 2. The molecule has 0 saturated carbocycles. The minimum Gasteiger partial charge on any atom is -0.452 e. The summed E-state index contributed by atoms with van der Waals surface area (Å²) >= 11 is 1.50. The lowest BCUT2D eigenvalue weighted by Crippen LogP contribution is -2.52. The second kappa shape index (κ2) is 8.06. The van der Waals surface area contributed by atoms with Gasteiger partial charge >= 0.3 is 5.97 Å². The van der Waals surface area contributed by atoms with Crippen LogP contribution < -0.4 is 4.90 Å². The van der Waals surface area contributed by atoms with Crippen LogP contribution >= 0.6 is 11.3 Å². The van der Waals surface area contributed by atoms with Gasteiger partial charge in [0.25, 0.3) is 5.91 Å². The number of anilines is 1. The van der Waals surface area contributed by atoms with Crippen molar-refractivity contribution in [3.05, 3.63) is 40.8 Å². The lowest BCUT2D eigenvalue weighted by molar-refractivity contribution is -0.158. The van der Waals surface area contributed by atoms with Crippen molar-refractivity contribution < 1.29 is 14.3 Å². The van der Waals surface area contributed by atoms with Crippen LogP contribution in [0.25, 0.3) is 0 Å². The summed E-state index contributed by atoms with van der Waals surface area (Å²) in [6.07, 6.45) is 2.84. The van der Waals surface area contributed by atoms with Crippen molar-refractivity contribution in [3.63, 3.8) is 0 Å². The van der Waals surface area contributed by atoms with Gasteiger partial charge in [0.1, 0.15) is 0 Å². The fourth-order valence-electron chi connectivity index (χ4n) is 2.68. The van der Waals surface area contributed by atoms with Gasteiger partial charge in [-0.05, 0) is 24.4 Å². The zero-order valence-electron chi connectivity index (χ0n) is 14.0. The van der Waals surface area contributed by atoms with Gasteiger partial charge in [-0.25, -0.2) is 9.97 Å². The van der Waals surface area contributed by atoms with Crippen molar-refractivity contribution in [2.45, 2.75) is 19.4 Å². The highest BCUT2D eigenvalue weighted by molar-refractivity contribution is 7.10. The number of rotatable bonds is 5. The molecule has 1 fully saturated rings. The highest BCUT2D eigenvalue weighted by atomic mass is 32.1. The number of nitrogens with zero attached hydrogens (tertiary/aromatic N) is 4. The first-order valence-electron chi connectivity index (χ1n) is 8.16. The molecule has 0 spiro atoms. The molecule has 0 unspecified atom stereocenters. The third kappa shape index (κ3) is 4.54. The van der Waals surface area contributed by atoms with E-state index in [1.54, 1.807) is 30.3 Å². The summed E-state index contributed by atoms with van der Waals surface area (Å²) in [6.45, 7) is 4.06. The summed E-state index contributed by atoms with van der Waals surface area (Å²) in [7, 11) is 0. The second-order valence-electron chi connectivity index (χ2n) is 5.75. The number of thiophene rings is 1. The number of hydrogen-bond donors (Lipinski definition) is 0. The lowest BCUT2D eigenvalue weighted by Gasteiger charge is -2.35. The number of piperazine rings is 1. The van der Waals surface area contributed by atoms with E-state index < -0.39 is 6.10 Å². The molecule has 3 rings (SSSR count). The molecular weight excluding hydrogens is 340 g/mol. The minimum atomic E-state index is -0.771. The molecule has 0 bridgehead atoms. The second-order valence-corrected chi connectivity index (χ2v) is 6.78. The molecule has 0 aliphatic carbocycles.